The predicted molar refractivity (Wildman–Crippen MR) is 144 cm³/mol. The number of hydrogen-bond acceptors (Lipinski definition) is 2. The van der Waals surface area contributed by atoms with Crippen molar-refractivity contribution < 1.29 is 4.79 Å². The molecule has 0 saturated heterocycles. The van der Waals surface area contributed by atoms with Crippen LogP contribution in [0.3, 0.4) is 0 Å². The summed E-state index contributed by atoms with van der Waals surface area (Å²) in [4.78, 5) is 18.4. The van der Waals surface area contributed by atoms with Gasteiger partial charge in [0.15, 0.2) is 0 Å². The van der Waals surface area contributed by atoms with Crippen LogP contribution in [0.1, 0.15) is 32.7 Å². The third-order valence-electron chi connectivity index (χ3n) is 6.81. The molecule has 3 nitrogen and oxygen atoms in total. The minimum absolute atomic E-state index is 0.0892. The van der Waals surface area contributed by atoms with E-state index in [1.54, 1.807) is 6.33 Å². The lowest BCUT2D eigenvalue weighted by molar-refractivity contribution is 0.103. The van der Waals surface area contributed by atoms with Crippen molar-refractivity contribution in [2.75, 3.05) is 0 Å². The second-order valence-electron chi connectivity index (χ2n) is 8.83. The fraction of sp³-hybridized carbons (Fsp3) is 0.0303. The van der Waals surface area contributed by atoms with E-state index in [0.29, 0.717) is 11.3 Å². The molecular formula is C33H24N2O. The van der Waals surface area contributed by atoms with E-state index in [0.717, 1.165) is 27.5 Å². The Morgan fingerprint density at radius 2 is 1.08 bits per heavy atom. The molecule has 6 rings (SSSR count). The Bertz CT molecular complexity index is 1540. The number of imidazole rings is 1. The minimum Gasteiger partial charge on any atom is -0.318 e. The van der Waals surface area contributed by atoms with Gasteiger partial charge in [0.2, 0.25) is 5.78 Å². The van der Waals surface area contributed by atoms with E-state index in [4.69, 9.17) is 0 Å². The molecule has 0 spiro atoms. The highest BCUT2D eigenvalue weighted by molar-refractivity contribution is 6.15. The highest BCUT2D eigenvalue weighted by Gasteiger charge is 2.38. The monoisotopic (exact) mass is 464 g/mol. The lowest BCUT2D eigenvalue weighted by Gasteiger charge is -2.37. The summed E-state index contributed by atoms with van der Waals surface area (Å²) in [6, 6.07) is 44.9. The molecule has 0 aliphatic rings. The van der Waals surface area contributed by atoms with Gasteiger partial charge in [-0.25, -0.2) is 4.98 Å². The summed E-state index contributed by atoms with van der Waals surface area (Å²) in [6.07, 6.45) is 3.67. The topological polar surface area (TPSA) is 34.9 Å². The molecule has 1 heterocycles. The average molecular weight is 465 g/mol. The summed E-state index contributed by atoms with van der Waals surface area (Å²) in [5.74, 6) is -0.0892. The van der Waals surface area contributed by atoms with Crippen LogP contribution in [-0.2, 0) is 5.54 Å². The fourth-order valence-electron chi connectivity index (χ4n) is 5.17. The first kappa shape index (κ1) is 21.8. The standard InChI is InChI=1S/C33H24N2O/c36-32(30-22-12-14-25-13-10-11-21-29(25)30)31-23-35(24-34-31)33(26-15-4-1-5-16-26,27-17-6-2-7-18-27)28-19-8-3-9-20-28/h1-24H. The number of nitrogens with zero attached hydrogens (tertiary/aromatic N) is 2. The van der Waals surface area contributed by atoms with E-state index >= 15 is 0 Å². The first-order valence-electron chi connectivity index (χ1n) is 12.0. The number of aromatic nitrogens is 2. The van der Waals surface area contributed by atoms with Crippen LogP contribution >= 0.6 is 0 Å². The van der Waals surface area contributed by atoms with E-state index in [9.17, 15) is 4.79 Å². The van der Waals surface area contributed by atoms with Crippen LogP contribution in [0.25, 0.3) is 10.8 Å². The molecule has 36 heavy (non-hydrogen) atoms. The van der Waals surface area contributed by atoms with Gasteiger partial charge in [-0.15, -0.1) is 0 Å². The predicted octanol–water partition coefficient (Wildman–Crippen LogP) is 7.11. The lowest BCUT2D eigenvalue weighted by atomic mass is 9.77. The molecule has 6 aromatic rings. The van der Waals surface area contributed by atoms with Gasteiger partial charge in [0, 0.05) is 11.8 Å². The summed E-state index contributed by atoms with van der Waals surface area (Å²) in [7, 11) is 0. The van der Waals surface area contributed by atoms with E-state index in [2.05, 4.69) is 82.3 Å². The Morgan fingerprint density at radius 1 is 0.583 bits per heavy atom. The number of carbonyl (C=O) groups excluding carboxylic acids is 1. The molecule has 0 atom stereocenters. The zero-order chi connectivity index (χ0) is 24.4. The number of rotatable bonds is 6. The maximum atomic E-state index is 13.7. The van der Waals surface area contributed by atoms with Crippen molar-refractivity contribution in [3.05, 3.63) is 174 Å². The van der Waals surface area contributed by atoms with Crippen molar-refractivity contribution in [1.82, 2.24) is 9.55 Å². The Hall–Kier alpha value is -4.76. The zero-order valence-electron chi connectivity index (χ0n) is 19.7. The molecule has 0 saturated carbocycles. The summed E-state index contributed by atoms with van der Waals surface area (Å²) in [6.45, 7) is 0. The van der Waals surface area contributed by atoms with Gasteiger partial charge in [0.25, 0.3) is 0 Å². The molecule has 0 fully saturated rings. The van der Waals surface area contributed by atoms with Crippen molar-refractivity contribution >= 4 is 16.6 Å². The highest BCUT2D eigenvalue weighted by Crippen LogP contribution is 2.40. The second-order valence-corrected chi connectivity index (χ2v) is 8.83. The summed E-state index contributed by atoms with van der Waals surface area (Å²) >= 11 is 0. The normalized spacial score (nSPS) is 11.4. The molecule has 3 heteroatoms. The molecule has 5 aromatic carbocycles. The SMILES string of the molecule is O=C(c1cn(C(c2ccccc2)(c2ccccc2)c2ccccc2)cn1)c1cccc2ccccc12. The summed E-state index contributed by atoms with van der Waals surface area (Å²) < 4.78 is 2.07. The lowest BCUT2D eigenvalue weighted by Crippen LogP contribution is -2.37. The largest absolute Gasteiger partial charge is 0.318 e. The molecular weight excluding hydrogens is 440 g/mol. The smallest absolute Gasteiger partial charge is 0.213 e. The first-order valence-corrected chi connectivity index (χ1v) is 12.0. The second kappa shape index (κ2) is 9.12. The van der Waals surface area contributed by atoms with E-state index in [-0.39, 0.29) is 5.78 Å². The van der Waals surface area contributed by atoms with Crippen molar-refractivity contribution in [1.29, 1.82) is 0 Å². The Balaban J connectivity index is 1.58. The molecule has 0 aliphatic heterocycles. The summed E-state index contributed by atoms with van der Waals surface area (Å²) in [5.41, 5.74) is 3.63. The average Bonchev–Trinajstić information content (AvgIpc) is 3.45. The maximum Gasteiger partial charge on any atom is 0.213 e. The van der Waals surface area contributed by atoms with Gasteiger partial charge in [0.1, 0.15) is 11.2 Å². The number of hydrogen-bond donors (Lipinski definition) is 0. The van der Waals surface area contributed by atoms with Crippen molar-refractivity contribution in [3.8, 4) is 0 Å². The van der Waals surface area contributed by atoms with Crippen LogP contribution in [0.4, 0.5) is 0 Å². The fourth-order valence-corrected chi connectivity index (χ4v) is 5.17. The van der Waals surface area contributed by atoms with Gasteiger partial charge in [0.05, 0.1) is 6.33 Å². The van der Waals surface area contributed by atoms with Crippen molar-refractivity contribution in [2.45, 2.75) is 5.54 Å². The van der Waals surface area contributed by atoms with Crippen LogP contribution in [0.5, 0.6) is 0 Å². The summed E-state index contributed by atoms with van der Waals surface area (Å²) in [5, 5.41) is 1.97. The van der Waals surface area contributed by atoms with Crippen molar-refractivity contribution in [2.24, 2.45) is 0 Å². The van der Waals surface area contributed by atoms with E-state index < -0.39 is 5.54 Å². The molecule has 0 unspecified atom stereocenters. The Morgan fingerprint density at radius 3 is 1.67 bits per heavy atom. The molecule has 172 valence electrons. The Kier molecular flexibility index (Phi) is 5.51. The Labute approximate surface area is 210 Å². The third-order valence-corrected chi connectivity index (χ3v) is 6.81. The van der Waals surface area contributed by atoms with Gasteiger partial charge in [-0.3, -0.25) is 4.79 Å². The molecule has 0 amide bonds. The molecule has 0 radical (unpaired) electrons. The number of ketones is 1. The van der Waals surface area contributed by atoms with E-state index in [1.807, 2.05) is 66.9 Å². The number of fused-ring (bicyclic) bond motifs is 1. The third kappa shape index (κ3) is 3.53. The van der Waals surface area contributed by atoms with Gasteiger partial charge < -0.3 is 4.57 Å². The zero-order valence-corrected chi connectivity index (χ0v) is 19.7. The van der Waals surface area contributed by atoms with Gasteiger partial charge in [-0.1, -0.05) is 133 Å². The van der Waals surface area contributed by atoms with Crippen molar-refractivity contribution in [3.63, 3.8) is 0 Å². The molecule has 0 N–H and O–H groups in total. The van der Waals surface area contributed by atoms with Crippen LogP contribution in [0.2, 0.25) is 0 Å². The van der Waals surface area contributed by atoms with Gasteiger partial charge in [-0.05, 0) is 27.5 Å². The van der Waals surface area contributed by atoms with Crippen LogP contribution in [0, 0.1) is 0 Å². The van der Waals surface area contributed by atoms with Crippen LogP contribution < -0.4 is 0 Å². The van der Waals surface area contributed by atoms with Gasteiger partial charge >= 0.3 is 0 Å². The van der Waals surface area contributed by atoms with Crippen LogP contribution in [-0.4, -0.2) is 15.3 Å². The molecule has 1 aromatic heterocycles. The van der Waals surface area contributed by atoms with Gasteiger partial charge in [-0.2, -0.15) is 0 Å². The highest BCUT2D eigenvalue weighted by atomic mass is 16.1. The number of carbonyl (C=O) groups is 1. The molecule has 0 bridgehead atoms. The molecule has 0 aliphatic carbocycles. The maximum absolute atomic E-state index is 13.7. The van der Waals surface area contributed by atoms with Crippen LogP contribution in [0.15, 0.2) is 146 Å². The quantitative estimate of drug-likeness (QED) is 0.194. The number of benzene rings is 5. The van der Waals surface area contributed by atoms with E-state index in [1.165, 1.54) is 0 Å². The minimum atomic E-state index is -0.700. The first-order chi connectivity index (χ1) is 17.8.